The van der Waals surface area contributed by atoms with Crippen LogP contribution in [0.3, 0.4) is 0 Å². The van der Waals surface area contributed by atoms with Crippen LogP contribution in [0.25, 0.3) is 0 Å². The van der Waals surface area contributed by atoms with E-state index in [4.69, 9.17) is 9.84 Å². The molecule has 27 heavy (non-hydrogen) atoms. The van der Waals surface area contributed by atoms with Crippen LogP contribution in [0.15, 0.2) is 36.4 Å². The highest BCUT2D eigenvalue weighted by Crippen LogP contribution is 2.33. The van der Waals surface area contributed by atoms with Crippen LogP contribution in [0, 0.1) is 0 Å². The molecule has 2 heterocycles. The molecule has 2 N–H and O–H groups in total. The minimum absolute atomic E-state index is 0.137. The number of ether oxygens (including phenoxy) is 1. The third-order valence-electron chi connectivity index (χ3n) is 4.54. The molecule has 0 bridgehead atoms. The van der Waals surface area contributed by atoms with Crippen LogP contribution >= 0.6 is 0 Å². The van der Waals surface area contributed by atoms with E-state index in [1.807, 2.05) is 6.07 Å². The van der Waals surface area contributed by atoms with Crippen molar-refractivity contribution < 1.29 is 27.8 Å². The van der Waals surface area contributed by atoms with Gasteiger partial charge < -0.3 is 15.2 Å². The third kappa shape index (κ3) is 4.77. The topological polar surface area (TPSA) is 71.5 Å². The van der Waals surface area contributed by atoms with Gasteiger partial charge in [0.1, 0.15) is 6.61 Å². The number of aromatic nitrogens is 1. The molecule has 1 aliphatic rings. The summed E-state index contributed by atoms with van der Waals surface area (Å²) in [5.41, 5.74) is -0.707. The Hall–Kier alpha value is -2.61. The molecule has 0 radical (unpaired) electrons. The number of halogens is 3. The monoisotopic (exact) mass is 380 g/mol. The fourth-order valence-corrected chi connectivity index (χ4v) is 3.11. The van der Waals surface area contributed by atoms with Crippen LogP contribution in [0.5, 0.6) is 5.88 Å². The molecule has 3 rings (SSSR count). The van der Waals surface area contributed by atoms with Gasteiger partial charge in [-0.1, -0.05) is 12.1 Å². The minimum Gasteiger partial charge on any atom is -0.478 e. The summed E-state index contributed by atoms with van der Waals surface area (Å²) in [5, 5.41) is 12.2. The molecule has 2 aromatic rings. The van der Waals surface area contributed by atoms with Gasteiger partial charge in [0.2, 0.25) is 5.88 Å². The molecule has 1 fully saturated rings. The fraction of sp³-hybridized carbons (Fsp3) is 0.368. The molecular weight excluding hydrogens is 361 g/mol. The number of nitrogens with zero attached hydrogens (tertiary/aromatic N) is 1. The summed E-state index contributed by atoms with van der Waals surface area (Å²) in [6, 6.07) is 8.16. The summed E-state index contributed by atoms with van der Waals surface area (Å²) < 4.78 is 45.2. The van der Waals surface area contributed by atoms with Gasteiger partial charge in [-0.25, -0.2) is 9.78 Å². The van der Waals surface area contributed by atoms with E-state index in [0.29, 0.717) is 12.0 Å². The first kappa shape index (κ1) is 19.2. The number of piperidine rings is 1. The number of rotatable bonds is 5. The number of benzene rings is 1. The Bertz CT molecular complexity index is 818. The van der Waals surface area contributed by atoms with E-state index >= 15 is 0 Å². The number of hydrogen-bond acceptors (Lipinski definition) is 4. The second-order valence-corrected chi connectivity index (χ2v) is 6.39. The van der Waals surface area contributed by atoms with Gasteiger partial charge in [-0.05, 0) is 44.1 Å². The number of carboxylic acids is 1. The van der Waals surface area contributed by atoms with Crippen molar-refractivity contribution in [1.29, 1.82) is 0 Å². The number of aromatic carboxylic acids is 1. The lowest BCUT2D eigenvalue weighted by Gasteiger charge is -2.22. The van der Waals surface area contributed by atoms with E-state index < -0.39 is 23.3 Å². The summed E-state index contributed by atoms with van der Waals surface area (Å²) in [7, 11) is 0. The summed E-state index contributed by atoms with van der Waals surface area (Å²) in [5.74, 6) is -0.860. The molecule has 1 aromatic carbocycles. The van der Waals surface area contributed by atoms with Crippen molar-refractivity contribution in [2.75, 3.05) is 13.1 Å². The smallest absolute Gasteiger partial charge is 0.416 e. The fourth-order valence-electron chi connectivity index (χ4n) is 3.11. The highest BCUT2D eigenvalue weighted by atomic mass is 19.4. The number of hydrogen-bond donors (Lipinski definition) is 2. The van der Waals surface area contributed by atoms with Crippen molar-refractivity contribution in [1.82, 2.24) is 10.3 Å². The maximum Gasteiger partial charge on any atom is 0.416 e. The summed E-state index contributed by atoms with van der Waals surface area (Å²) in [6.45, 7) is 1.46. The van der Waals surface area contributed by atoms with Crippen LogP contribution in [0.4, 0.5) is 13.2 Å². The molecular formula is C19H19F3N2O3. The lowest BCUT2D eigenvalue weighted by atomic mass is 9.94. The molecule has 0 saturated carbocycles. The van der Waals surface area contributed by atoms with Crippen LogP contribution in [0.1, 0.15) is 45.9 Å². The Morgan fingerprint density at radius 1 is 1.22 bits per heavy atom. The molecule has 0 unspecified atom stereocenters. The largest absolute Gasteiger partial charge is 0.478 e. The quantitative estimate of drug-likeness (QED) is 0.825. The average molecular weight is 380 g/mol. The Morgan fingerprint density at radius 3 is 2.63 bits per heavy atom. The van der Waals surface area contributed by atoms with Crippen molar-refractivity contribution in [3.63, 3.8) is 0 Å². The molecule has 1 aliphatic heterocycles. The van der Waals surface area contributed by atoms with Gasteiger partial charge in [0, 0.05) is 23.2 Å². The van der Waals surface area contributed by atoms with Gasteiger partial charge in [0.15, 0.2) is 0 Å². The predicted octanol–water partition coefficient (Wildman–Crippen LogP) is 3.84. The van der Waals surface area contributed by atoms with Crippen LogP contribution in [0.2, 0.25) is 0 Å². The van der Waals surface area contributed by atoms with Gasteiger partial charge in [-0.2, -0.15) is 13.2 Å². The summed E-state index contributed by atoms with van der Waals surface area (Å²) >= 11 is 0. The highest BCUT2D eigenvalue weighted by Gasteiger charge is 2.34. The van der Waals surface area contributed by atoms with Gasteiger partial charge in [-0.3, -0.25) is 0 Å². The maximum absolute atomic E-state index is 13.3. The zero-order valence-corrected chi connectivity index (χ0v) is 14.4. The third-order valence-corrected chi connectivity index (χ3v) is 4.54. The van der Waals surface area contributed by atoms with Crippen LogP contribution < -0.4 is 10.1 Å². The molecule has 0 atom stereocenters. The zero-order chi connectivity index (χ0) is 19.4. The van der Waals surface area contributed by atoms with E-state index in [9.17, 15) is 18.0 Å². The van der Waals surface area contributed by atoms with E-state index in [0.717, 1.165) is 43.8 Å². The zero-order valence-electron chi connectivity index (χ0n) is 14.4. The molecule has 0 spiro atoms. The van der Waals surface area contributed by atoms with E-state index in [1.165, 1.54) is 0 Å². The second kappa shape index (κ2) is 7.96. The Balaban J connectivity index is 1.77. The minimum atomic E-state index is -4.67. The van der Waals surface area contributed by atoms with Crippen molar-refractivity contribution in [2.24, 2.45) is 0 Å². The van der Waals surface area contributed by atoms with Gasteiger partial charge in [0.05, 0.1) is 11.1 Å². The Morgan fingerprint density at radius 2 is 1.96 bits per heavy atom. The van der Waals surface area contributed by atoms with Gasteiger partial charge in [-0.15, -0.1) is 0 Å². The van der Waals surface area contributed by atoms with Crippen molar-refractivity contribution in [3.05, 3.63) is 58.8 Å². The first-order valence-electron chi connectivity index (χ1n) is 8.58. The van der Waals surface area contributed by atoms with E-state index in [2.05, 4.69) is 10.3 Å². The van der Waals surface area contributed by atoms with Gasteiger partial charge in [0.25, 0.3) is 0 Å². The molecule has 5 nitrogen and oxygen atoms in total. The number of carboxylic acid groups (broad SMARTS) is 1. The molecule has 0 aliphatic carbocycles. The van der Waals surface area contributed by atoms with Crippen molar-refractivity contribution in [3.8, 4) is 5.88 Å². The van der Waals surface area contributed by atoms with Crippen molar-refractivity contribution in [2.45, 2.75) is 31.5 Å². The lowest BCUT2D eigenvalue weighted by molar-refractivity contribution is -0.138. The molecule has 8 heteroatoms. The SMILES string of the molecule is O=C(O)c1ccc(COc2cccc(C3CCNCC3)n2)c(C(F)(F)F)c1. The van der Waals surface area contributed by atoms with Crippen LogP contribution in [-0.2, 0) is 12.8 Å². The highest BCUT2D eigenvalue weighted by molar-refractivity contribution is 5.88. The molecule has 1 aromatic heterocycles. The number of carbonyl (C=O) groups is 1. The molecule has 1 saturated heterocycles. The number of nitrogens with one attached hydrogen (secondary N) is 1. The second-order valence-electron chi connectivity index (χ2n) is 6.39. The first-order valence-corrected chi connectivity index (χ1v) is 8.58. The standard InChI is InChI=1S/C19H19F3N2O3/c20-19(21,22)15-10-13(18(25)26)4-5-14(15)11-27-17-3-1-2-16(24-17)12-6-8-23-9-7-12/h1-5,10,12,23H,6-9,11H2,(H,25,26). The first-order chi connectivity index (χ1) is 12.8. The normalized spacial score (nSPS) is 15.5. The summed E-state index contributed by atoms with van der Waals surface area (Å²) in [6.07, 6.45) is -2.77. The predicted molar refractivity (Wildman–Crippen MR) is 91.8 cm³/mol. The number of pyridine rings is 1. The number of alkyl halides is 3. The van der Waals surface area contributed by atoms with Gasteiger partial charge >= 0.3 is 12.1 Å². The van der Waals surface area contributed by atoms with E-state index in [-0.39, 0.29) is 18.1 Å². The molecule has 144 valence electrons. The molecule has 0 amide bonds. The average Bonchev–Trinajstić information content (AvgIpc) is 2.66. The Kier molecular flexibility index (Phi) is 5.65. The van der Waals surface area contributed by atoms with E-state index in [1.54, 1.807) is 12.1 Å². The van der Waals surface area contributed by atoms with Crippen molar-refractivity contribution >= 4 is 5.97 Å². The van der Waals surface area contributed by atoms with Crippen LogP contribution in [-0.4, -0.2) is 29.1 Å². The summed E-state index contributed by atoms with van der Waals surface area (Å²) in [4.78, 5) is 15.4. The Labute approximate surface area is 154 Å². The lowest BCUT2D eigenvalue weighted by Crippen LogP contribution is -2.27. The maximum atomic E-state index is 13.3.